The maximum absolute atomic E-state index is 12.0. The van der Waals surface area contributed by atoms with E-state index in [0.29, 0.717) is 13.0 Å². The van der Waals surface area contributed by atoms with Crippen LogP contribution in [0.3, 0.4) is 0 Å². The van der Waals surface area contributed by atoms with Gasteiger partial charge in [-0.1, -0.05) is 18.2 Å². The molecule has 1 amide bonds. The number of hydrogen-bond acceptors (Lipinski definition) is 3. The molecule has 2 heterocycles. The Morgan fingerprint density at radius 2 is 2.29 bits per heavy atom. The molecule has 0 radical (unpaired) electrons. The van der Waals surface area contributed by atoms with Crippen LogP contribution in [0.5, 0.6) is 0 Å². The van der Waals surface area contributed by atoms with E-state index in [1.807, 2.05) is 18.3 Å². The zero-order valence-electron chi connectivity index (χ0n) is 11.9. The highest BCUT2D eigenvalue weighted by Crippen LogP contribution is 2.32. The van der Waals surface area contributed by atoms with E-state index in [1.54, 1.807) is 6.20 Å². The van der Waals surface area contributed by atoms with Crippen LogP contribution >= 0.6 is 0 Å². The Morgan fingerprint density at radius 3 is 3.14 bits per heavy atom. The smallest absolute Gasteiger partial charge is 0.220 e. The number of rotatable bonds is 6. The molecule has 2 aromatic rings. The number of carbonyl (C=O) groups excluding carboxylic acids is 1. The number of nitrogens with zero attached hydrogens (tertiary/aromatic N) is 1. The third-order valence-electron chi connectivity index (χ3n) is 3.84. The number of nitrogens with one attached hydrogen (secondary N) is 3. The normalized spacial score (nSPS) is 16.3. The van der Waals surface area contributed by atoms with Gasteiger partial charge in [-0.15, -0.1) is 0 Å². The van der Waals surface area contributed by atoms with Gasteiger partial charge in [0, 0.05) is 49.9 Å². The number of carbonyl (C=O) groups is 1. The molecule has 1 aliphatic rings. The quantitative estimate of drug-likeness (QED) is 0.711. The van der Waals surface area contributed by atoms with Gasteiger partial charge in [0.05, 0.1) is 0 Å². The van der Waals surface area contributed by atoms with Crippen molar-refractivity contribution in [1.29, 1.82) is 0 Å². The summed E-state index contributed by atoms with van der Waals surface area (Å²) in [4.78, 5) is 19.2. The number of imidazole rings is 1. The van der Waals surface area contributed by atoms with Gasteiger partial charge >= 0.3 is 0 Å². The summed E-state index contributed by atoms with van der Waals surface area (Å²) in [5, 5.41) is 6.34. The van der Waals surface area contributed by atoms with Crippen LogP contribution in [0.15, 0.2) is 36.7 Å². The molecular formula is C16H20N4O. The molecule has 0 aliphatic carbocycles. The van der Waals surface area contributed by atoms with Crippen LogP contribution < -0.4 is 10.6 Å². The number of para-hydroxylation sites is 1. The van der Waals surface area contributed by atoms with Gasteiger partial charge in [0.2, 0.25) is 5.91 Å². The Labute approximate surface area is 124 Å². The molecule has 110 valence electrons. The van der Waals surface area contributed by atoms with Crippen LogP contribution in [-0.2, 0) is 11.2 Å². The first-order chi connectivity index (χ1) is 10.3. The monoisotopic (exact) mass is 284 g/mol. The minimum atomic E-state index is 0.123. The second-order valence-corrected chi connectivity index (χ2v) is 5.36. The molecule has 1 unspecified atom stereocenters. The lowest BCUT2D eigenvalue weighted by molar-refractivity contribution is -0.121. The third kappa shape index (κ3) is 3.42. The van der Waals surface area contributed by atoms with E-state index in [0.717, 1.165) is 30.9 Å². The number of hydrogen-bond donors (Lipinski definition) is 3. The molecule has 1 aliphatic heterocycles. The van der Waals surface area contributed by atoms with Gasteiger partial charge in [0.25, 0.3) is 0 Å². The number of aromatic amines is 1. The maximum Gasteiger partial charge on any atom is 0.220 e. The van der Waals surface area contributed by atoms with Gasteiger partial charge in [-0.05, 0) is 18.1 Å². The summed E-state index contributed by atoms with van der Waals surface area (Å²) in [6.45, 7) is 1.54. The topological polar surface area (TPSA) is 69.8 Å². The van der Waals surface area contributed by atoms with E-state index in [4.69, 9.17) is 0 Å². The Balaban J connectivity index is 1.41. The van der Waals surface area contributed by atoms with E-state index >= 15 is 0 Å². The van der Waals surface area contributed by atoms with E-state index in [1.165, 1.54) is 5.56 Å². The van der Waals surface area contributed by atoms with Crippen LogP contribution in [0.1, 0.15) is 30.1 Å². The number of H-pyrrole nitrogens is 1. The molecule has 0 bridgehead atoms. The fraction of sp³-hybridized carbons (Fsp3) is 0.375. The summed E-state index contributed by atoms with van der Waals surface area (Å²) in [7, 11) is 0. The highest BCUT2D eigenvalue weighted by molar-refractivity contribution is 5.78. The number of benzene rings is 1. The predicted octanol–water partition coefficient (Wildman–Crippen LogP) is 2.06. The van der Waals surface area contributed by atoms with Crippen molar-refractivity contribution in [2.24, 2.45) is 0 Å². The lowest BCUT2D eigenvalue weighted by atomic mass is 9.97. The largest absolute Gasteiger partial charge is 0.384 e. The summed E-state index contributed by atoms with van der Waals surface area (Å²) in [5.74, 6) is 1.38. The molecule has 0 saturated heterocycles. The molecule has 21 heavy (non-hydrogen) atoms. The fourth-order valence-corrected chi connectivity index (χ4v) is 2.75. The average Bonchev–Trinajstić information content (AvgIpc) is 3.14. The zero-order chi connectivity index (χ0) is 14.5. The second-order valence-electron chi connectivity index (χ2n) is 5.36. The van der Waals surface area contributed by atoms with Gasteiger partial charge in [-0.25, -0.2) is 4.98 Å². The van der Waals surface area contributed by atoms with Crippen molar-refractivity contribution in [1.82, 2.24) is 15.3 Å². The summed E-state index contributed by atoms with van der Waals surface area (Å²) >= 11 is 0. The van der Waals surface area contributed by atoms with Crippen molar-refractivity contribution < 1.29 is 4.79 Å². The zero-order valence-corrected chi connectivity index (χ0v) is 11.9. The summed E-state index contributed by atoms with van der Waals surface area (Å²) in [6, 6.07) is 8.21. The van der Waals surface area contributed by atoms with Crippen LogP contribution in [0.25, 0.3) is 0 Å². The van der Waals surface area contributed by atoms with Crippen molar-refractivity contribution in [2.45, 2.75) is 25.2 Å². The molecule has 1 aromatic carbocycles. The van der Waals surface area contributed by atoms with Gasteiger partial charge in [0.1, 0.15) is 5.82 Å². The molecule has 0 saturated carbocycles. The van der Waals surface area contributed by atoms with E-state index in [2.05, 4.69) is 32.7 Å². The van der Waals surface area contributed by atoms with E-state index < -0.39 is 0 Å². The van der Waals surface area contributed by atoms with Crippen molar-refractivity contribution >= 4 is 11.6 Å². The predicted molar refractivity (Wildman–Crippen MR) is 82.2 cm³/mol. The Morgan fingerprint density at radius 1 is 1.38 bits per heavy atom. The molecule has 3 rings (SSSR count). The molecule has 0 spiro atoms. The van der Waals surface area contributed by atoms with Crippen molar-refractivity contribution in [3.05, 3.63) is 48.0 Å². The van der Waals surface area contributed by atoms with Gasteiger partial charge < -0.3 is 15.6 Å². The van der Waals surface area contributed by atoms with Crippen LogP contribution in [0, 0.1) is 0 Å². The Bertz CT molecular complexity index is 594. The standard InChI is InChI=1S/C16H20N4O/c21-16(19-7-3-6-15-17-8-9-18-15)10-12-11-20-14-5-2-1-4-13(12)14/h1-2,4-5,8-9,12,20H,3,6-7,10-11H2,(H,17,18)(H,19,21). The number of aromatic nitrogens is 2. The highest BCUT2D eigenvalue weighted by atomic mass is 16.1. The van der Waals surface area contributed by atoms with Crippen molar-refractivity contribution in [3.8, 4) is 0 Å². The maximum atomic E-state index is 12.0. The molecule has 1 atom stereocenters. The van der Waals surface area contributed by atoms with Crippen molar-refractivity contribution in [3.63, 3.8) is 0 Å². The van der Waals surface area contributed by atoms with Crippen molar-refractivity contribution in [2.75, 3.05) is 18.4 Å². The number of anilines is 1. The molecular weight excluding hydrogens is 264 g/mol. The molecule has 5 nitrogen and oxygen atoms in total. The fourth-order valence-electron chi connectivity index (χ4n) is 2.75. The number of fused-ring (bicyclic) bond motifs is 1. The molecule has 5 heteroatoms. The van der Waals surface area contributed by atoms with E-state index in [-0.39, 0.29) is 11.8 Å². The minimum Gasteiger partial charge on any atom is -0.384 e. The van der Waals surface area contributed by atoms with E-state index in [9.17, 15) is 4.79 Å². The lowest BCUT2D eigenvalue weighted by Crippen LogP contribution is -2.26. The molecule has 0 fully saturated rings. The molecule has 3 N–H and O–H groups in total. The van der Waals surface area contributed by atoms with Gasteiger partial charge in [-0.3, -0.25) is 4.79 Å². The minimum absolute atomic E-state index is 0.123. The Kier molecular flexibility index (Phi) is 4.19. The number of aryl methyl sites for hydroxylation is 1. The third-order valence-corrected chi connectivity index (χ3v) is 3.84. The summed E-state index contributed by atoms with van der Waals surface area (Å²) in [6.07, 6.45) is 5.88. The summed E-state index contributed by atoms with van der Waals surface area (Å²) < 4.78 is 0. The van der Waals surface area contributed by atoms with Gasteiger partial charge in [-0.2, -0.15) is 0 Å². The van der Waals surface area contributed by atoms with Crippen LogP contribution in [0.2, 0.25) is 0 Å². The van der Waals surface area contributed by atoms with Crippen LogP contribution in [0.4, 0.5) is 5.69 Å². The first kappa shape index (κ1) is 13.7. The Hall–Kier alpha value is -2.30. The first-order valence-corrected chi connectivity index (χ1v) is 7.40. The van der Waals surface area contributed by atoms with Crippen LogP contribution in [-0.4, -0.2) is 29.0 Å². The first-order valence-electron chi connectivity index (χ1n) is 7.40. The SMILES string of the molecule is O=C(CC1CNc2ccccc21)NCCCc1ncc[nH]1. The molecule has 1 aromatic heterocycles. The second kappa shape index (κ2) is 6.43. The average molecular weight is 284 g/mol. The lowest BCUT2D eigenvalue weighted by Gasteiger charge is -2.10. The highest BCUT2D eigenvalue weighted by Gasteiger charge is 2.23. The number of amides is 1. The summed E-state index contributed by atoms with van der Waals surface area (Å²) in [5.41, 5.74) is 2.41. The van der Waals surface area contributed by atoms with Gasteiger partial charge in [0.15, 0.2) is 0 Å².